The lowest BCUT2D eigenvalue weighted by Crippen LogP contribution is -2.48. The number of H-pyrrole nitrogens is 1. The van der Waals surface area contributed by atoms with Gasteiger partial charge in [-0.1, -0.05) is 25.1 Å². The number of nitrogens with zero attached hydrogens (tertiary/aromatic N) is 1. The second kappa shape index (κ2) is 10.5. The van der Waals surface area contributed by atoms with Crippen LogP contribution in [0.4, 0.5) is 0 Å². The number of aliphatic carboxylic acids is 2. The Hall–Kier alpha value is -3.43. The molecular weight excluding hydrogens is 426 g/mol. The quantitative estimate of drug-likeness (QED) is 0.411. The Bertz CT molecular complexity index is 1350. The lowest BCUT2D eigenvalue weighted by atomic mass is 9.80. The number of benzene rings is 1. The van der Waals surface area contributed by atoms with Crippen LogP contribution in [0.25, 0.3) is 16.5 Å². The molecule has 0 bridgehead atoms. The van der Waals surface area contributed by atoms with Gasteiger partial charge in [0.2, 0.25) is 5.91 Å². The summed E-state index contributed by atoms with van der Waals surface area (Å²) in [7, 11) is 1.88. The van der Waals surface area contributed by atoms with Crippen LogP contribution in [0.3, 0.4) is 0 Å². The Morgan fingerprint density at radius 2 is 2.06 bits per heavy atom. The molecule has 1 aliphatic heterocycles. The van der Waals surface area contributed by atoms with E-state index < -0.39 is 49.6 Å². The Kier molecular flexibility index (Phi) is 5.14. The van der Waals surface area contributed by atoms with Crippen LogP contribution in [0, 0.1) is 5.92 Å². The van der Waals surface area contributed by atoms with E-state index in [4.69, 9.17) is 19.8 Å². The fraction of sp³-hybridized carbons (Fsp3) is 0.375. The Balaban J connectivity index is 0.000000482. The highest BCUT2D eigenvalue weighted by molar-refractivity contribution is 5.99. The van der Waals surface area contributed by atoms with E-state index in [9.17, 15) is 19.5 Å². The number of nitrogens with one attached hydrogen (secondary N) is 2. The Morgan fingerprint density at radius 3 is 2.70 bits per heavy atom. The summed E-state index contributed by atoms with van der Waals surface area (Å²) >= 11 is 0. The molecule has 1 aromatic carbocycles. The summed E-state index contributed by atoms with van der Waals surface area (Å²) in [5.74, 6) is -4.04. The highest BCUT2D eigenvalue weighted by Crippen LogP contribution is 2.40. The summed E-state index contributed by atoms with van der Waals surface area (Å²) in [6.45, 7) is -6.24. The lowest BCUT2D eigenvalue weighted by Gasteiger charge is -2.39. The van der Waals surface area contributed by atoms with Gasteiger partial charge < -0.3 is 25.6 Å². The number of hydrogen-bond acceptors (Lipinski definition) is 5. The van der Waals surface area contributed by atoms with E-state index in [-0.39, 0.29) is 12.6 Å². The molecule has 176 valence electrons. The predicted molar refractivity (Wildman–Crippen MR) is 124 cm³/mol. The van der Waals surface area contributed by atoms with Crippen molar-refractivity contribution in [1.29, 1.82) is 0 Å². The monoisotopic (exact) mass is 462 g/mol. The molecule has 4 rings (SSSR count). The minimum Gasteiger partial charge on any atom is -0.478 e. The molecule has 0 fully saturated rings. The fourth-order valence-corrected chi connectivity index (χ4v) is 4.11. The minimum absolute atomic E-state index is 0.0434. The number of aromatic amines is 1. The van der Waals surface area contributed by atoms with Gasteiger partial charge in [0.1, 0.15) is 0 Å². The average molecular weight is 463 g/mol. The van der Waals surface area contributed by atoms with Crippen LogP contribution >= 0.6 is 0 Å². The van der Waals surface area contributed by atoms with E-state index in [1.807, 2.05) is 36.3 Å². The first-order valence-corrected chi connectivity index (χ1v) is 10.0. The molecule has 2 heterocycles. The predicted octanol–water partition coefficient (Wildman–Crippen LogP) is 1.64. The maximum absolute atomic E-state index is 13.1. The van der Waals surface area contributed by atoms with Crippen molar-refractivity contribution in [2.24, 2.45) is 5.92 Å². The van der Waals surface area contributed by atoms with Gasteiger partial charge in [-0.15, -0.1) is 0 Å². The second-order valence-corrected chi connectivity index (χ2v) is 7.65. The maximum Gasteiger partial charge on any atom is 0.328 e. The molecule has 0 radical (unpaired) electrons. The first kappa shape index (κ1) is 16.2. The zero-order valence-corrected chi connectivity index (χ0v) is 17.7. The van der Waals surface area contributed by atoms with Crippen LogP contribution in [0.2, 0.25) is 0 Å². The summed E-state index contributed by atoms with van der Waals surface area (Å²) in [4.78, 5) is 37.4. The third-order valence-electron chi connectivity index (χ3n) is 5.53. The molecule has 9 nitrogen and oxygen atoms in total. The van der Waals surface area contributed by atoms with Gasteiger partial charge in [-0.05, 0) is 42.6 Å². The highest BCUT2D eigenvalue weighted by Gasteiger charge is 2.35. The fourth-order valence-electron chi connectivity index (χ4n) is 4.11. The van der Waals surface area contributed by atoms with Crippen LogP contribution in [-0.4, -0.2) is 75.3 Å². The number of fused-ring (bicyclic) bond motifs is 2. The highest BCUT2D eigenvalue weighted by atomic mass is 16.4. The molecule has 5 N–H and O–H groups in total. The molecule has 33 heavy (non-hydrogen) atoms. The Labute approximate surface area is 201 Å². The number of hydrogen-bond donors (Lipinski definition) is 5. The molecule has 2 aromatic rings. The minimum atomic E-state index is -3.28. The van der Waals surface area contributed by atoms with Crippen molar-refractivity contribution >= 4 is 34.3 Å². The smallest absolute Gasteiger partial charge is 0.328 e. The van der Waals surface area contributed by atoms with Gasteiger partial charge >= 0.3 is 11.9 Å². The third-order valence-corrected chi connectivity index (χ3v) is 5.53. The van der Waals surface area contributed by atoms with Crippen LogP contribution in [0.1, 0.15) is 33.9 Å². The van der Waals surface area contributed by atoms with Crippen LogP contribution in [0.15, 0.2) is 42.6 Å². The molecule has 0 saturated heterocycles. The number of aliphatic hydroxyl groups is 1. The van der Waals surface area contributed by atoms with Crippen molar-refractivity contribution in [3.05, 3.63) is 53.8 Å². The summed E-state index contributed by atoms with van der Waals surface area (Å²) in [5, 5.41) is 28.7. The van der Waals surface area contributed by atoms with Crippen LogP contribution in [0.5, 0.6) is 0 Å². The van der Waals surface area contributed by atoms with E-state index in [1.165, 1.54) is 5.56 Å². The third kappa shape index (κ3) is 5.50. The zero-order valence-electron chi connectivity index (χ0n) is 24.7. The molecular formula is C24H29N3O6. The molecule has 1 aliphatic carbocycles. The maximum atomic E-state index is 13.1. The molecule has 1 aromatic heterocycles. The molecule has 1 amide bonds. The topological polar surface area (TPSA) is 143 Å². The number of carboxylic acid groups (broad SMARTS) is 2. The number of aromatic nitrogens is 1. The number of amides is 1. The normalized spacial score (nSPS) is 24.8. The molecule has 0 saturated carbocycles. The van der Waals surface area contributed by atoms with Crippen molar-refractivity contribution in [2.75, 3.05) is 20.2 Å². The van der Waals surface area contributed by atoms with Gasteiger partial charge in [-0.25, -0.2) is 9.59 Å². The van der Waals surface area contributed by atoms with E-state index in [1.54, 1.807) is 6.08 Å². The van der Waals surface area contributed by atoms with Gasteiger partial charge in [0.25, 0.3) is 0 Å². The number of likely N-dealkylation sites (N-methyl/N-ethyl adjacent to an activating group) is 1. The Morgan fingerprint density at radius 1 is 1.33 bits per heavy atom. The molecule has 2 aliphatic rings. The van der Waals surface area contributed by atoms with Crippen molar-refractivity contribution in [3.8, 4) is 0 Å². The number of carbonyl (C=O) groups is 3. The van der Waals surface area contributed by atoms with Gasteiger partial charge in [0.15, 0.2) is 0 Å². The number of carboxylic acids is 2. The van der Waals surface area contributed by atoms with Crippen molar-refractivity contribution in [3.63, 3.8) is 0 Å². The van der Waals surface area contributed by atoms with Crippen LogP contribution < -0.4 is 5.32 Å². The average Bonchev–Trinajstić information content (AvgIpc) is 3.24. The van der Waals surface area contributed by atoms with Crippen molar-refractivity contribution < 1.29 is 39.3 Å². The SMILES string of the molecule is O=C(O)/C=C\C(=O)O.[2H]C([2H])(O)[C@@H](NC(=O)[C@@H]1C=C2c3cccc4[nH]cc(c34)C[C@H]2N(C)C1)C([2H])([2H])C([2H])([2H])[2H]. The van der Waals surface area contributed by atoms with Crippen LogP contribution in [-0.2, 0) is 20.8 Å². The summed E-state index contributed by atoms with van der Waals surface area (Å²) in [5.41, 5.74) is 4.11. The van der Waals surface area contributed by atoms with E-state index in [2.05, 4.69) is 10.3 Å². The lowest BCUT2D eigenvalue weighted by molar-refractivity contribution is -0.134. The van der Waals surface area contributed by atoms with Gasteiger partial charge in [0.05, 0.1) is 21.3 Å². The van der Waals surface area contributed by atoms with Crippen molar-refractivity contribution in [1.82, 2.24) is 15.2 Å². The van der Waals surface area contributed by atoms with E-state index in [0.29, 0.717) is 12.2 Å². The summed E-state index contributed by atoms with van der Waals surface area (Å²) in [6, 6.07) is 3.65. The summed E-state index contributed by atoms with van der Waals surface area (Å²) in [6.07, 6.45) is 2.47. The van der Waals surface area contributed by atoms with Crippen molar-refractivity contribution in [2.45, 2.75) is 31.7 Å². The molecule has 9 heteroatoms. The molecule has 3 atom stereocenters. The number of carbonyl (C=O) groups excluding carboxylic acids is 1. The second-order valence-electron chi connectivity index (χ2n) is 7.65. The van der Waals surface area contributed by atoms with E-state index in [0.717, 1.165) is 28.5 Å². The van der Waals surface area contributed by atoms with Gasteiger partial charge in [-0.3, -0.25) is 9.69 Å². The van der Waals surface area contributed by atoms with Gasteiger partial charge in [0, 0.05) is 48.7 Å². The molecule has 0 unspecified atom stereocenters. The zero-order chi connectivity index (χ0) is 30.2. The standard InChI is InChI=1S/C20H25N3O2.C4H4O4/c1-3-14(11-24)22-20(25)13-7-16-15-5-4-6-17-19(15)12(9-21-17)8-18(16)23(2)10-13;5-3(6)1-2-4(7)8/h4-7,9,13-14,18,21,24H,3,8,10-11H2,1-2H3,(H,22,25);1-2H,(H,5,6)(H,7,8)/b;2-1-/t13-,14+,18-;/m1./s1/i1D3,3D2,11D2;. The largest absolute Gasteiger partial charge is 0.478 e. The van der Waals surface area contributed by atoms with E-state index >= 15 is 0 Å². The first-order chi connectivity index (χ1) is 18.3. The summed E-state index contributed by atoms with van der Waals surface area (Å²) < 4.78 is 53.1. The first-order valence-electron chi connectivity index (χ1n) is 13.5. The molecule has 0 spiro atoms. The van der Waals surface area contributed by atoms with Gasteiger partial charge in [-0.2, -0.15) is 0 Å². The number of rotatable bonds is 6.